The zero-order valence-electron chi connectivity index (χ0n) is 7.67. The molecule has 1 N–H and O–H groups in total. The van der Waals surface area contributed by atoms with Gasteiger partial charge in [-0.15, -0.1) is 0 Å². The Bertz CT molecular complexity index is 363. The summed E-state index contributed by atoms with van der Waals surface area (Å²) in [6, 6.07) is 8.61. The number of para-hydroxylation sites is 1. The Balaban J connectivity index is 2.48. The molecule has 0 saturated heterocycles. The Kier molecular flexibility index (Phi) is 1.94. The van der Waals surface area contributed by atoms with Gasteiger partial charge in [-0.2, -0.15) is 5.26 Å². The molecular weight excluding hydrogens is 160 g/mol. The van der Waals surface area contributed by atoms with Gasteiger partial charge >= 0.3 is 0 Å². The van der Waals surface area contributed by atoms with E-state index in [0.717, 1.165) is 24.1 Å². The van der Waals surface area contributed by atoms with E-state index in [1.54, 1.807) is 0 Å². The van der Waals surface area contributed by atoms with Gasteiger partial charge in [0.2, 0.25) is 0 Å². The number of nitrogens with one attached hydrogen (secondary N) is 1. The lowest BCUT2D eigenvalue weighted by Crippen LogP contribution is -2.22. The minimum atomic E-state index is 0.488. The fourth-order valence-electron chi connectivity index (χ4n) is 1.76. The van der Waals surface area contributed by atoms with E-state index in [2.05, 4.69) is 24.4 Å². The van der Waals surface area contributed by atoms with Crippen LogP contribution in [0.15, 0.2) is 18.2 Å². The van der Waals surface area contributed by atoms with Crippen LogP contribution in [-0.4, -0.2) is 6.04 Å². The average molecular weight is 172 g/mol. The molecule has 0 aliphatic carbocycles. The smallest absolute Gasteiger partial charge is 0.101 e. The topological polar surface area (TPSA) is 35.8 Å². The third-order valence-corrected chi connectivity index (χ3v) is 2.51. The highest BCUT2D eigenvalue weighted by Gasteiger charge is 2.16. The summed E-state index contributed by atoms with van der Waals surface area (Å²) in [5, 5.41) is 12.2. The summed E-state index contributed by atoms with van der Waals surface area (Å²) < 4.78 is 0. The van der Waals surface area contributed by atoms with Gasteiger partial charge in [0.1, 0.15) is 6.07 Å². The molecule has 2 heteroatoms. The standard InChI is InChI=1S/C11H12N2/c1-8-5-6-9-3-2-4-10(7-12)11(9)13-8/h2-4,8,13H,5-6H2,1H3. The number of rotatable bonds is 0. The van der Waals surface area contributed by atoms with Crippen molar-refractivity contribution in [3.8, 4) is 6.07 Å². The molecule has 13 heavy (non-hydrogen) atoms. The van der Waals surface area contributed by atoms with Gasteiger partial charge < -0.3 is 5.32 Å². The highest BCUT2D eigenvalue weighted by Crippen LogP contribution is 2.27. The molecule has 66 valence electrons. The quantitative estimate of drug-likeness (QED) is 0.651. The van der Waals surface area contributed by atoms with Crippen LogP contribution in [0.1, 0.15) is 24.5 Å². The zero-order valence-corrected chi connectivity index (χ0v) is 7.67. The van der Waals surface area contributed by atoms with Gasteiger partial charge in [-0.1, -0.05) is 12.1 Å². The Morgan fingerprint density at radius 3 is 3.15 bits per heavy atom. The maximum absolute atomic E-state index is 8.89. The summed E-state index contributed by atoms with van der Waals surface area (Å²) in [7, 11) is 0. The first-order valence-corrected chi connectivity index (χ1v) is 4.60. The van der Waals surface area contributed by atoms with Gasteiger partial charge in [0.15, 0.2) is 0 Å². The van der Waals surface area contributed by atoms with Crippen LogP contribution in [0.5, 0.6) is 0 Å². The summed E-state index contributed by atoms with van der Waals surface area (Å²) >= 11 is 0. The van der Waals surface area contributed by atoms with Crippen LogP contribution in [0.2, 0.25) is 0 Å². The molecule has 1 aromatic carbocycles. The average Bonchev–Trinajstić information content (AvgIpc) is 2.17. The van der Waals surface area contributed by atoms with Crippen LogP contribution < -0.4 is 5.32 Å². The Hall–Kier alpha value is -1.49. The van der Waals surface area contributed by atoms with Crippen molar-refractivity contribution in [1.29, 1.82) is 5.26 Å². The first-order chi connectivity index (χ1) is 6.31. The summed E-state index contributed by atoms with van der Waals surface area (Å²) in [5.74, 6) is 0. The van der Waals surface area contributed by atoms with Crippen LogP contribution in [0.25, 0.3) is 0 Å². The largest absolute Gasteiger partial charge is 0.381 e. The van der Waals surface area contributed by atoms with E-state index in [-0.39, 0.29) is 0 Å². The van der Waals surface area contributed by atoms with Crippen molar-refractivity contribution in [3.05, 3.63) is 29.3 Å². The number of anilines is 1. The molecule has 0 aromatic heterocycles. The molecule has 1 atom stereocenters. The van der Waals surface area contributed by atoms with Gasteiger partial charge in [0, 0.05) is 6.04 Å². The molecule has 0 radical (unpaired) electrons. The maximum atomic E-state index is 8.89. The van der Waals surface area contributed by atoms with Crippen LogP contribution in [-0.2, 0) is 6.42 Å². The summed E-state index contributed by atoms with van der Waals surface area (Å²) in [4.78, 5) is 0. The van der Waals surface area contributed by atoms with Crippen molar-refractivity contribution in [1.82, 2.24) is 0 Å². The number of hydrogen-bond acceptors (Lipinski definition) is 2. The van der Waals surface area contributed by atoms with E-state index in [9.17, 15) is 0 Å². The van der Waals surface area contributed by atoms with Crippen LogP contribution in [0.4, 0.5) is 5.69 Å². The highest BCUT2D eigenvalue weighted by atomic mass is 14.9. The monoisotopic (exact) mass is 172 g/mol. The molecule has 0 saturated carbocycles. The normalized spacial score (nSPS) is 19.8. The van der Waals surface area contributed by atoms with Crippen LogP contribution in [0.3, 0.4) is 0 Å². The summed E-state index contributed by atoms with van der Waals surface area (Å²) in [6.07, 6.45) is 2.24. The molecule has 0 amide bonds. The minimum Gasteiger partial charge on any atom is -0.381 e. The maximum Gasteiger partial charge on any atom is 0.101 e. The van der Waals surface area contributed by atoms with Gasteiger partial charge in [-0.05, 0) is 31.4 Å². The van der Waals surface area contributed by atoms with Crippen molar-refractivity contribution in [3.63, 3.8) is 0 Å². The Morgan fingerprint density at radius 1 is 1.54 bits per heavy atom. The third-order valence-electron chi connectivity index (χ3n) is 2.51. The molecule has 1 heterocycles. The van der Waals surface area contributed by atoms with Crippen molar-refractivity contribution in [2.24, 2.45) is 0 Å². The first kappa shape index (κ1) is 8.12. The minimum absolute atomic E-state index is 0.488. The molecule has 1 aliphatic heterocycles. The molecule has 0 bridgehead atoms. The van der Waals surface area contributed by atoms with E-state index in [4.69, 9.17) is 5.26 Å². The fraction of sp³-hybridized carbons (Fsp3) is 0.364. The van der Waals surface area contributed by atoms with Crippen molar-refractivity contribution in [2.45, 2.75) is 25.8 Å². The molecular formula is C11H12N2. The number of benzene rings is 1. The van der Waals surface area contributed by atoms with Crippen LogP contribution >= 0.6 is 0 Å². The molecule has 0 fully saturated rings. The lowest BCUT2D eigenvalue weighted by atomic mass is 9.96. The molecule has 1 unspecified atom stereocenters. The van der Waals surface area contributed by atoms with Gasteiger partial charge in [-0.25, -0.2) is 0 Å². The van der Waals surface area contributed by atoms with E-state index < -0.39 is 0 Å². The van der Waals surface area contributed by atoms with Crippen molar-refractivity contribution in [2.75, 3.05) is 5.32 Å². The number of nitrogens with zero attached hydrogens (tertiary/aromatic N) is 1. The zero-order chi connectivity index (χ0) is 9.26. The summed E-state index contributed by atoms with van der Waals surface area (Å²) in [5.41, 5.74) is 3.09. The number of nitriles is 1. The predicted molar refractivity (Wildman–Crippen MR) is 52.6 cm³/mol. The fourth-order valence-corrected chi connectivity index (χ4v) is 1.76. The molecule has 1 aliphatic rings. The second-order valence-electron chi connectivity index (χ2n) is 3.54. The second-order valence-corrected chi connectivity index (χ2v) is 3.54. The Morgan fingerprint density at radius 2 is 2.38 bits per heavy atom. The Labute approximate surface area is 78.2 Å². The molecule has 2 nitrogen and oxygen atoms in total. The lowest BCUT2D eigenvalue weighted by Gasteiger charge is -2.24. The van der Waals surface area contributed by atoms with Gasteiger partial charge in [0.25, 0.3) is 0 Å². The molecule has 1 aromatic rings. The summed E-state index contributed by atoms with van der Waals surface area (Å²) in [6.45, 7) is 2.15. The number of aryl methyl sites for hydroxylation is 1. The predicted octanol–water partition coefficient (Wildman–Crippen LogP) is 2.30. The number of fused-ring (bicyclic) bond motifs is 1. The SMILES string of the molecule is CC1CCc2cccc(C#N)c2N1. The second kappa shape index (κ2) is 3.10. The van der Waals surface area contributed by atoms with Crippen molar-refractivity contribution < 1.29 is 0 Å². The van der Waals surface area contributed by atoms with Crippen LogP contribution in [0, 0.1) is 11.3 Å². The van der Waals surface area contributed by atoms with E-state index in [1.165, 1.54) is 5.56 Å². The van der Waals surface area contributed by atoms with Gasteiger partial charge in [0.05, 0.1) is 11.3 Å². The van der Waals surface area contributed by atoms with E-state index in [1.807, 2.05) is 12.1 Å². The number of hydrogen-bond donors (Lipinski definition) is 1. The first-order valence-electron chi connectivity index (χ1n) is 4.60. The third kappa shape index (κ3) is 1.38. The van der Waals surface area contributed by atoms with E-state index >= 15 is 0 Å². The van der Waals surface area contributed by atoms with Gasteiger partial charge in [-0.3, -0.25) is 0 Å². The lowest BCUT2D eigenvalue weighted by molar-refractivity contribution is 0.680. The molecule has 2 rings (SSSR count). The van der Waals surface area contributed by atoms with Crippen molar-refractivity contribution >= 4 is 5.69 Å². The molecule has 0 spiro atoms. The highest BCUT2D eigenvalue weighted by molar-refractivity contribution is 5.64. The van der Waals surface area contributed by atoms with E-state index in [0.29, 0.717) is 6.04 Å².